The van der Waals surface area contributed by atoms with E-state index >= 15 is 0 Å². The van der Waals surface area contributed by atoms with Crippen LogP contribution in [0, 0.1) is 5.92 Å². The third-order valence-corrected chi connectivity index (χ3v) is 2.43. The van der Waals surface area contributed by atoms with Crippen molar-refractivity contribution >= 4 is 5.97 Å². The Morgan fingerprint density at radius 3 is 2.53 bits per heavy atom. The van der Waals surface area contributed by atoms with Crippen LogP contribution in [0.5, 0.6) is 0 Å². The molecular weight excluding hydrogens is 215 g/mol. The lowest BCUT2D eigenvalue weighted by Gasteiger charge is -2.21. The molecule has 1 aliphatic rings. The molecule has 1 heterocycles. The van der Waals surface area contributed by atoms with Crippen LogP contribution in [-0.2, 0) is 4.79 Å². The number of alkyl halides is 3. The van der Waals surface area contributed by atoms with Crippen molar-refractivity contribution in [2.24, 2.45) is 5.92 Å². The zero-order valence-corrected chi connectivity index (χ0v) is 7.87. The van der Waals surface area contributed by atoms with Gasteiger partial charge in [0.2, 0.25) is 0 Å². The van der Waals surface area contributed by atoms with Gasteiger partial charge in [0.1, 0.15) is 0 Å². The summed E-state index contributed by atoms with van der Waals surface area (Å²) in [5.41, 5.74) is 0. The van der Waals surface area contributed by atoms with E-state index in [1.165, 1.54) is 4.90 Å². The predicted molar refractivity (Wildman–Crippen MR) is 44.2 cm³/mol. The van der Waals surface area contributed by atoms with E-state index in [2.05, 4.69) is 0 Å². The van der Waals surface area contributed by atoms with Crippen molar-refractivity contribution in [3.05, 3.63) is 0 Å². The molecule has 1 aliphatic heterocycles. The first kappa shape index (κ1) is 12.3. The molecule has 0 spiro atoms. The lowest BCUT2D eigenvalue weighted by molar-refractivity contribution is -0.207. The van der Waals surface area contributed by atoms with E-state index in [-0.39, 0.29) is 13.1 Å². The number of hydrogen-bond acceptors (Lipinski definition) is 3. The topological polar surface area (TPSA) is 60.8 Å². The van der Waals surface area contributed by atoms with Gasteiger partial charge >= 0.3 is 12.1 Å². The molecule has 2 N–H and O–H groups in total. The van der Waals surface area contributed by atoms with Crippen molar-refractivity contribution in [1.29, 1.82) is 0 Å². The first-order chi connectivity index (χ1) is 6.80. The normalized spacial score (nSPS) is 25.5. The number of rotatable bonds is 3. The molecule has 0 amide bonds. The van der Waals surface area contributed by atoms with Crippen LogP contribution >= 0.6 is 0 Å². The minimum Gasteiger partial charge on any atom is -0.481 e. The van der Waals surface area contributed by atoms with Gasteiger partial charge in [-0.05, 0) is 13.0 Å². The molecule has 0 saturated carbocycles. The van der Waals surface area contributed by atoms with Gasteiger partial charge in [-0.3, -0.25) is 9.69 Å². The van der Waals surface area contributed by atoms with Crippen molar-refractivity contribution in [3.63, 3.8) is 0 Å². The molecule has 0 radical (unpaired) electrons. The summed E-state index contributed by atoms with van der Waals surface area (Å²) in [7, 11) is 0. The minimum absolute atomic E-state index is 0.0719. The molecule has 0 bridgehead atoms. The lowest BCUT2D eigenvalue weighted by Crippen LogP contribution is -2.40. The van der Waals surface area contributed by atoms with E-state index < -0.39 is 30.7 Å². The third kappa shape index (κ3) is 3.35. The van der Waals surface area contributed by atoms with Gasteiger partial charge in [-0.25, -0.2) is 0 Å². The van der Waals surface area contributed by atoms with Gasteiger partial charge < -0.3 is 10.2 Å². The summed E-state index contributed by atoms with van der Waals surface area (Å²) in [5.74, 6) is -1.62. The molecule has 7 heteroatoms. The van der Waals surface area contributed by atoms with Crippen molar-refractivity contribution in [3.8, 4) is 0 Å². The maximum atomic E-state index is 12.0. The maximum Gasteiger partial charge on any atom is 0.415 e. The Morgan fingerprint density at radius 1 is 1.53 bits per heavy atom. The Bertz CT molecular complexity index is 244. The van der Waals surface area contributed by atoms with Crippen molar-refractivity contribution < 1.29 is 28.2 Å². The Hall–Kier alpha value is -0.820. The fourth-order valence-corrected chi connectivity index (χ4v) is 1.55. The second kappa shape index (κ2) is 4.36. The number of β-amino-alcohol motifs (C(OH)–C–C–N with tert-alkyl or cyclic N) is 1. The molecular formula is C8H12F3NO3. The number of likely N-dealkylation sites (tertiary alicyclic amines) is 1. The number of aliphatic hydroxyl groups excluding tert-OH is 1. The number of aliphatic hydroxyl groups is 1. The summed E-state index contributed by atoms with van der Waals surface area (Å²) in [5, 5.41) is 17.4. The first-order valence-electron chi connectivity index (χ1n) is 4.50. The molecule has 2 atom stereocenters. The summed E-state index contributed by atoms with van der Waals surface area (Å²) < 4.78 is 35.9. The van der Waals surface area contributed by atoms with E-state index in [4.69, 9.17) is 10.2 Å². The summed E-state index contributed by atoms with van der Waals surface area (Å²) >= 11 is 0. The van der Waals surface area contributed by atoms with E-state index in [1.54, 1.807) is 0 Å². The average molecular weight is 227 g/mol. The minimum atomic E-state index is -4.64. The van der Waals surface area contributed by atoms with Crippen LogP contribution in [0.2, 0.25) is 0 Å². The van der Waals surface area contributed by atoms with Crippen LogP contribution in [0.3, 0.4) is 0 Å². The van der Waals surface area contributed by atoms with Crippen LogP contribution in [0.1, 0.15) is 6.42 Å². The largest absolute Gasteiger partial charge is 0.481 e. The number of hydrogen-bond donors (Lipinski definition) is 2. The Morgan fingerprint density at radius 2 is 2.13 bits per heavy atom. The number of carbonyl (C=O) groups is 1. The fraction of sp³-hybridized carbons (Fsp3) is 0.875. The molecule has 1 fully saturated rings. The second-order valence-corrected chi connectivity index (χ2v) is 3.64. The quantitative estimate of drug-likeness (QED) is 0.728. The van der Waals surface area contributed by atoms with Gasteiger partial charge in [-0.15, -0.1) is 0 Å². The number of carboxylic acid groups (broad SMARTS) is 1. The van der Waals surface area contributed by atoms with Gasteiger partial charge in [0.25, 0.3) is 0 Å². The SMILES string of the molecule is O=C(O)C1CCN(CC(O)C(F)(F)F)C1. The highest BCUT2D eigenvalue weighted by Gasteiger charge is 2.40. The molecule has 2 unspecified atom stereocenters. The van der Waals surface area contributed by atoms with Gasteiger partial charge in [0.05, 0.1) is 5.92 Å². The van der Waals surface area contributed by atoms with E-state index in [0.29, 0.717) is 6.42 Å². The zero-order valence-electron chi connectivity index (χ0n) is 7.87. The molecule has 15 heavy (non-hydrogen) atoms. The van der Waals surface area contributed by atoms with Crippen LogP contribution < -0.4 is 0 Å². The Kier molecular flexibility index (Phi) is 3.56. The predicted octanol–water partition coefficient (Wildman–Crippen LogP) is 0.316. The molecule has 0 aromatic carbocycles. The van der Waals surface area contributed by atoms with Gasteiger partial charge in [-0.2, -0.15) is 13.2 Å². The van der Waals surface area contributed by atoms with Crippen LogP contribution in [0.4, 0.5) is 13.2 Å². The number of nitrogens with zero attached hydrogens (tertiary/aromatic N) is 1. The highest BCUT2D eigenvalue weighted by atomic mass is 19.4. The third-order valence-electron chi connectivity index (χ3n) is 2.43. The molecule has 88 valence electrons. The smallest absolute Gasteiger partial charge is 0.415 e. The number of carboxylic acids is 1. The Balaban J connectivity index is 2.39. The monoisotopic (exact) mass is 227 g/mol. The van der Waals surface area contributed by atoms with Crippen molar-refractivity contribution in [1.82, 2.24) is 4.90 Å². The summed E-state index contributed by atoms with van der Waals surface area (Å²) in [6.45, 7) is -0.195. The van der Waals surface area contributed by atoms with Crippen LogP contribution in [0.15, 0.2) is 0 Å². The van der Waals surface area contributed by atoms with E-state index in [1.807, 2.05) is 0 Å². The molecule has 4 nitrogen and oxygen atoms in total. The molecule has 1 rings (SSSR count). The lowest BCUT2D eigenvalue weighted by atomic mass is 10.1. The van der Waals surface area contributed by atoms with Crippen molar-refractivity contribution in [2.45, 2.75) is 18.7 Å². The summed E-state index contributed by atoms with van der Waals surface area (Å²) in [6.07, 6.45) is -6.70. The Labute approximate surface area is 84.3 Å². The zero-order chi connectivity index (χ0) is 11.6. The van der Waals surface area contributed by atoms with E-state index in [0.717, 1.165) is 0 Å². The molecule has 0 aromatic heterocycles. The second-order valence-electron chi connectivity index (χ2n) is 3.64. The summed E-state index contributed by atoms with van der Waals surface area (Å²) in [6, 6.07) is 0. The summed E-state index contributed by atoms with van der Waals surface area (Å²) in [4.78, 5) is 11.8. The van der Waals surface area contributed by atoms with Crippen molar-refractivity contribution in [2.75, 3.05) is 19.6 Å². The average Bonchev–Trinajstić information content (AvgIpc) is 2.50. The van der Waals surface area contributed by atoms with Gasteiger partial charge in [0.15, 0.2) is 6.10 Å². The first-order valence-corrected chi connectivity index (χ1v) is 4.50. The van der Waals surface area contributed by atoms with Gasteiger partial charge in [0, 0.05) is 13.1 Å². The molecule has 1 saturated heterocycles. The molecule has 0 aromatic rings. The molecule has 0 aliphatic carbocycles. The highest BCUT2D eigenvalue weighted by molar-refractivity contribution is 5.70. The highest BCUT2D eigenvalue weighted by Crippen LogP contribution is 2.23. The standard InChI is InChI=1S/C8H12F3NO3/c9-8(10,11)6(13)4-12-2-1-5(3-12)7(14)15/h5-6,13H,1-4H2,(H,14,15). The maximum absolute atomic E-state index is 12.0. The number of halogens is 3. The fourth-order valence-electron chi connectivity index (χ4n) is 1.55. The number of aliphatic carboxylic acids is 1. The van der Waals surface area contributed by atoms with Crippen LogP contribution in [0.25, 0.3) is 0 Å². The van der Waals surface area contributed by atoms with E-state index in [9.17, 15) is 18.0 Å². The van der Waals surface area contributed by atoms with Gasteiger partial charge in [-0.1, -0.05) is 0 Å². The van der Waals surface area contributed by atoms with Crippen LogP contribution in [-0.4, -0.2) is 53.0 Å².